The summed E-state index contributed by atoms with van der Waals surface area (Å²) in [4.78, 5) is 14.7. The van der Waals surface area contributed by atoms with E-state index in [4.69, 9.17) is 63.1 Å². The van der Waals surface area contributed by atoms with Gasteiger partial charge in [-0.15, -0.1) is 0 Å². The lowest BCUT2D eigenvalue weighted by molar-refractivity contribution is 0.0692. The van der Waals surface area contributed by atoms with Gasteiger partial charge in [-0.25, -0.2) is 9.18 Å². The molecule has 0 bridgehead atoms. The topological polar surface area (TPSA) is 50.2 Å². The Kier molecular flexibility index (Phi) is 4.85. The van der Waals surface area contributed by atoms with Crippen molar-refractivity contribution in [2.45, 2.75) is 0 Å². The van der Waals surface area contributed by atoms with Gasteiger partial charge in [-0.2, -0.15) is 0 Å². The molecular formula is C12H3Cl5FNO2. The van der Waals surface area contributed by atoms with E-state index in [1.807, 2.05) is 0 Å². The van der Waals surface area contributed by atoms with Crippen LogP contribution in [0.5, 0.6) is 0 Å². The van der Waals surface area contributed by atoms with Crippen LogP contribution in [0.25, 0.3) is 11.3 Å². The summed E-state index contributed by atoms with van der Waals surface area (Å²) in [5.74, 6) is -2.57. The first kappa shape index (κ1) is 16.6. The van der Waals surface area contributed by atoms with Crippen molar-refractivity contribution >= 4 is 64.0 Å². The van der Waals surface area contributed by atoms with Gasteiger partial charge in [0.05, 0.1) is 30.7 Å². The van der Waals surface area contributed by atoms with Crippen molar-refractivity contribution in [2.24, 2.45) is 0 Å². The number of carboxylic acids is 1. The SMILES string of the molecule is O=C(O)c1ccnc(-c2c(Cl)c(Cl)c(Cl)c(Cl)c2Cl)c1F. The van der Waals surface area contributed by atoms with E-state index in [9.17, 15) is 9.18 Å². The molecule has 0 fully saturated rings. The first-order valence-corrected chi connectivity index (χ1v) is 7.06. The number of aromatic nitrogens is 1. The summed E-state index contributed by atoms with van der Waals surface area (Å²) in [5, 5.41) is 8.21. The second kappa shape index (κ2) is 6.15. The quantitative estimate of drug-likeness (QED) is 0.517. The number of nitrogens with zero attached hydrogens (tertiary/aromatic N) is 1. The number of carboxylic acid groups (broad SMARTS) is 1. The normalized spacial score (nSPS) is 10.8. The lowest BCUT2D eigenvalue weighted by Crippen LogP contribution is -2.04. The van der Waals surface area contributed by atoms with Gasteiger partial charge in [0.1, 0.15) is 5.69 Å². The average molecular weight is 389 g/mol. The number of pyridine rings is 1. The van der Waals surface area contributed by atoms with E-state index in [2.05, 4.69) is 4.98 Å². The molecule has 0 aliphatic carbocycles. The van der Waals surface area contributed by atoms with Crippen LogP contribution in [0.2, 0.25) is 25.1 Å². The van der Waals surface area contributed by atoms with Crippen LogP contribution in [-0.2, 0) is 0 Å². The van der Waals surface area contributed by atoms with Gasteiger partial charge in [0.25, 0.3) is 0 Å². The molecule has 0 radical (unpaired) electrons. The predicted molar refractivity (Wildman–Crippen MR) is 81.6 cm³/mol. The summed E-state index contributed by atoms with van der Waals surface area (Å²) in [6.07, 6.45) is 1.10. The van der Waals surface area contributed by atoms with Gasteiger partial charge in [-0.3, -0.25) is 4.98 Å². The lowest BCUT2D eigenvalue weighted by Gasteiger charge is -2.13. The van der Waals surface area contributed by atoms with Crippen LogP contribution in [0.1, 0.15) is 10.4 Å². The average Bonchev–Trinajstić information content (AvgIpc) is 2.44. The molecule has 1 aromatic carbocycles. The van der Waals surface area contributed by atoms with Crippen LogP contribution < -0.4 is 0 Å². The first-order valence-electron chi connectivity index (χ1n) is 5.17. The summed E-state index contributed by atoms with van der Waals surface area (Å²) in [6.45, 7) is 0. The van der Waals surface area contributed by atoms with Crippen LogP contribution in [0.15, 0.2) is 12.3 Å². The van der Waals surface area contributed by atoms with Crippen molar-refractivity contribution in [3.8, 4) is 11.3 Å². The van der Waals surface area contributed by atoms with Crippen LogP contribution in [-0.4, -0.2) is 16.1 Å². The van der Waals surface area contributed by atoms with Gasteiger partial charge < -0.3 is 5.11 Å². The van der Waals surface area contributed by atoms with Gasteiger partial charge in [0, 0.05) is 11.8 Å². The zero-order valence-corrected chi connectivity index (χ0v) is 13.5. The molecule has 21 heavy (non-hydrogen) atoms. The Bertz CT molecular complexity index is 737. The summed E-state index contributed by atoms with van der Waals surface area (Å²) in [5.41, 5.74) is -1.10. The van der Waals surface area contributed by atoms with E-state index in [0.29, 0.717) is 0 Å². The maximum Gasteiger partial charge on any atom is 0.338 e. The first-order chi connectivity index (χ1) is 9.77. The molecule has 0 amide bonds. The molecule has 0 saturated heterocycles. The fourth-order valence-electron chi connectivity index (χ4n) is 1.60. The Balaban J connectivity index is 2.86. The number of carbonyl (C=O) groups is 1. The molecule has 1 aromatic heterocycles. The number of hydrogen-bond donors (Lipinski definition) is 1. The molecule has 9 heteroatoms. The summed E-state index contributed by atoms with van der Waals surface area (Å²) in [6, 6.07) is 1.00. The summed E-state index contributed by atoms with van der Waals surface area (Å²) >= 11 is 29.6. The van der Waals surface area contributed by atoms with E-state index in [1.165, 1.54) is 0 Å². The van der Waals surface area contributed by atoms with E-state index < -0.39 is 17.3 Å². The Labute approximate surface area is 143 Å². The molecule has 2 aromatic rings. The number of aromatic carboxylic acids is 1. The van der Waals surface area contributed by atoms with E-state index >= 15 is 0 Å². The molecule has 1 heterocycles. The van der Waals surface area contributed by atoms with Crippen LogP contribution in [0, 0.1) is 5.82 Å². The van der Waals surface area contributed by atoms with Crippen LogP contribution in [0.4, 0.5) is 4.39 Å². The Morgan fingerprint density at radius 1 is 1.00 bits per heavy atom. The zero-order valence-electron chi connectivity index (χ0n) is 9.73. The second-order valence-corrected chi connectivity index (χ2v) is 5.66. The van der Waals surface area contributed by atoms with Crippen molar-refractivity contribution in [2.75, 3.05) is 0 Å². The molecule has 1 N–H and O–H groups in total. The van der Waals surface area contributed by atoms with Crippen LogP contribution >= 0.6 is 58.0 Å². The molecule has 110 valence electrons. The number of rotatable bonds is 2. The minimum absolute atomic E-state index is 0.0909. The lowest BCUT2D eigenvalue weighted by atomic mass is 10.1. The molecule has 3 nitrogen and oxygen atoms in total. The molecule has 0 saturated carbocycles. The summed E-state index contributed by atoms with van der Waals surface area (Å²) in [7, 11) is 0. The van der Waals surface area contributed by atoms with Crippen molar-refractivity contribution in [3.63, 3.8) is 0 Å². The molecule has 0 atom stereocenters. The number of benzene rings is 1. The Hall–Kier alpha value is -0.780. The van der Waals surface area contributed by atoms with Crippen LogP contribution in [0.3, 0.4) is 0 Å². The van der Waals surface area contributed by atoms with Crippen molar-refractivity contribution in [3.05, 3.63) is 48.8 Å². The van der Waals surface area contributed by atoms with Gasteiger partial charge in [-0.1, -0.05) is 58.0 Å². The van der Waals surface area contributed by atoms with Gasteiger partial charge >= 0.3 is 5.97 Å². The van der Waals surface area contributed by atoms with Crippen molar-refractivity contribution < 1.29 is 14.3 Å². The molecule has 2 rings (SSSR count). The molecular weight excluding hydrogens is 386 g/mol. The highest BCUT2D eigenvalue weighted by atomic mass is 35.5. The standard InChI is InChI=1S/C12H3Cl5FNO2/c13-5-4(6(14)8(16)9(17)7(5)15)11-10(18)3(12(20)21)1-2-19-11/h1-2H,(H,20,21). The maximum absolute atomic E-state index is 14.3. The predicted octanol–water partition coefficient (Wildman–Crippen LogP) is 5.85. The molecule has 0 unspecified atom stereocenters. The largest absolute Gasteiger partial charge is 0.478 e. The second-order valence-electron chi connectivity index (χ2n) is 3.77. The van der Waals surface area contributed by atoms with E-state index in [-0.39, 0.29) is 36.4 Å². The van der Waals surface area contributed by atoms with Crippen molar-refractivity contribution in [1.82, 2.24) is 4.98 Å². The van der Waals surface area contributed by atoms with Gasteiger partial charge in [-0.05, 0) is 6.07 Å². The van der Waals surface area contributed by atoms with Crippen molar-refractivity contribution in [1.29, 1.82) is 0 Å². The zero-order chi connectivity index (χ0) is 15.9. The molecule has 0 aliphatic heterocycles. The summed E-state index contributed by atoms with van der Waals surface area (Å²) < 4.78 is 14.3. The third-order valence-electron chi connectivity index (χ3n) is 2.57. The molecule has 0 spiro atoms. The van der Waals surface area contributed by atoms with Gasteiger partial charge in [0.15, 0.2) is 5.82 Å². The Morgan fingerprint density at radius 3 is 1.95 bits per heavy atom. The number of hydrogen-bond acceptors (Lipinski definition) is 2. The fourth-order valence-corrected chi connectivity index (χ4v) is 2.91. The smallest absolute Gasteiger partial charge is 0.338 e. The van der Waals surface area contributed by atoms with Gasteiger partial charge in [0.2, 0.25) is 0 Å². The third-order valence-corrected chi connectivity index (χ3v) is 4.84. The third kappa shape index (κ3) is 2.79. The highest BCUT2D eigenvalue weighted by molar-refractivity contribution is 6.56. The van der Waals surface area contributed by atoms with E-state index in [1.54, 1.807) is 0 Å². The van der Waals surface area contributed by atoms with E-state index in [0.717, 1.165) is 12.3 Å². The monoisotopic (exact) mass is 387 g/mol. The highest BCUT2D eigenvalue weighted by Crippen LogP contribution is 2.48. The minimum atomic E-state index is -1.46. The highest BCUT2D eigenvalue weighted by Gasteiger charge is 2.25. The fraction of sp³-hybridized carbons (Fsp3) is 0. The minimum Gasteiger partial charge on any atom is -0.478 e. The Morgan fingerprint density at radius 2 is 1.48 bits per heavy atom. The maximum atomic E-state index is 14.3. The number of halogens is 6. The molecule has 0 aliphatic rings.